The first-order valence-electron chi connectivity index (χ1n) is 5.60. The van der Waals surface area contributed by atoms with Gasteiger partial charge in [0.25, 0.3) is 0 Å². The van der Waals surface area contributed by atoms with E-state index in [-0.39, 0.29) is 11.5 Å². The second kappa shape index (κ2) is 4.90. The molecular weight excluding hydrogens is 266 g/mol. The van der Waals surface area contributed by atoms with Crippen molar-refractivity contribution in [3.63, 3.8) is 0 Å². The Kier molecular flexibility index (Phi) is 3.44. The number of ketones is 1. The van der Waals surface area contributed by atoms with E-state index in [4.69, 9.17) is 16.7 Å². The van der Waals surface area contributed by atoms with Gasteiger partial charge in [0, 0.05) is 29.4 Å². The SMILES string of the molecule is Cc1cc(C(=O)c2cc(C(=O)O)n(C)c2)ccc1Cl. The second-order valence-electron chi connectivity index (χ2n) is 4.32. The van der Waals surface area contributed by atoms with Crippen LogP contribution in [0.1, 0.15) is 32.0 Å². The van der Waals surface area contributed by atoms with Crippen molar-refractivity contribution in [2.75, 3.05) is 0 Å². The lowest BCUT2D eigenvalue weighted by atomic mass is 10.0. The summed E-state index contributed by atoms with van der Waals surface area (Å²) in [5.74, 6) is -1.28. The number of hydrogen-bond donors (Lipinski definition) is 1. The zero-order chi connectivity index (χ0) is 14.2. The first-order chi connectivity index (χ1) is 8.90. The molecule has 1 N–H and O–H groups in total. The Morgan fingerprint density at radius 2 is 1.89 bits per heavy atom. The molecule has 0 atom stereocenters. The molecule has 98 valence electrons. The molecule has 5 heteroatoms. The third-order valence-electron chi connectivity index (χ3n) is 2.91. The van der Waals surface area contributed by atoms with E-state index >= 15 is 0 Å². The molecule has 1 aromatic carbocycles. The zero-order valence-electron chi connectivity index (χ0n) is 10.5. The number of halogens is 1. The molecule has 0 saturated carbocycles. The predicted octanol–water partition coefficient (Wildman–Crippen LogP) is 2.92. The van der Waals surface area contributed by atoms with Crippen LogP contribution < -0.4 is 0 Å². The van der Waals surface area contributed by atoms with E-state index in [9.17, 15) is 9.59 Å². The molecule has 0 saturated heterocycles. The van der Waals surface area contributed by atoms with Gasteiger partial charge in [-0.2, -0.15) is 0 Å². The number of aromatic nitrogens is 1. The molecule has 0 bridgehead atoms. The van der Waals surface area contributed by atoms with E-state index in [1.54, 1.807) is 25.2 Å². The Bertz CT molecular complexity index is 673. The number of benzene rings is 1. The van der Waals surface area contributed by atoms with Gasteiger partial charge in [0.2, 0.25) is 0 Å². The van der Waals surface area contributed by atoms with Crippen LogP contribution in [0.15, 0.2) is 30.5 Å². The lowest BCUT2D eigenvalue weighted by Gasteiger charge is -2.02. The number of aryl methyl sites for hydroxylation is 2. The summed E-state index contributed by atoms with van der Waals surface area (Å²) in [6, 6.07) is 6.35. The van der Waals surface area contributed by atoms with Crippen molar-refractivity contribution >= 4 is 23.4 Å². The van der Waals surface area contributed by atoms with Crippen molar-refractivity contribution in [3.8, 4) is 0 Å². The van der Waals surface area contributed by atoms with Crippen molar-refractivity contribution in [3.05, 3.63) is 57.9 Å². The third-order valence-corrected chi connectivity index (χ3v) is 3.33. The van der Waals surface area contributed by atoms with Crippen LogP contribution in [0.3, 0.4) is 0 Å². The third kappa shape index (κ3) is 2.53. The fourth-order valence-corrected chi connectivity index (χ4v) is 1.97. The number of carboxylic acid groups (broad SMARTS) is 1. The maximum Gasteiger partial charge on any atom is 0.352 e. The molecule has 0 fully saturated rings. The largest absolute Gasteiger partial charge is 0.477 e. The fourth-order valence-electron chi connectivity index (χ4n) is 1.85. The normalized spacial score (nSPS) is 10.5. The van der Waals surface area contributed by atoms with Gasteiger partial charge in [0.1, 0.15) is 5.69 Å². The smallest absolute Gasteiger partial charge is 0.352 e. The van der Waals surface area contributed by atoms with Gasteiger partial charge in [0.05, 0.1) is 0 Å². The Labute approximate surface area is 115 Å². The van der Waals surface area contributed by atoms with Crippen molar-refractivity contribution in [2.24, 2.45) is 7.05 Å². The molecule has 0 spiro atoms. The summed E-state index contributed by atoms with van der Waals surface area (Å²) >= 11 is 5.91. The molecular formula is C14H12ClNO3. The van der Waals surface area contributed by atoms with Gasteiger partial charge >= 0.3 is 5.97 Å². The summed E-state index contributed by atoms with van der Waals surface area (Å²) in [6.45, 7) is 1.81. The summed E-state index contributed by atoms with van der Waals surface area (Å²) in [5.41, 5.74) is 1.72. The number of carbonyl (C=O) groups excluding carboxylic acids is 1. The first-order valence-corrected chi connectivity index (χ1v) is 5.98. The predicted molar refractivity (Wildman–Crippen MR) is 72.0 cm³/mol. The molecule has 0 aliphatic rings. The molecule has 0 amide bonds. The molecule has 1 heterocycles. The van der Waals surface area contributed by atoms with Crippen molar-refractivity contribution < 1.29 is 14.7 Å². The van der Waals surface area contributed by atoms with Gasteiger partial charge < -0.3 is 9.67 Å². The molecule has 0 aliphatic carbocycles. The first kappa shape index (κ1) is 13.4. The lowest BCUT2D eigenvalue weighted by molar-refractivity contribution is 0.0686. The lowest BCUT2D eigenvalue weighted by Crippen LogP contribution is -2.02. The van der Waals surface area contributed by atoms with Crippen LogP contribution in [0, 0.1) is 6.92 Å². The van der Waals surface area contributed by atoms with Gasteiger partial charge in [-0.1, -0.05) is 11.6 Å². The topological polar surface area (TPSA) is 59.3 Å². The van der Waals surface area contributed by atoms with Gasteiger partial charge in [-0.25, -0.2) is 4.79 Å². The molecule has 0 radical (unpaired) electrons. The number of rotatable bonds is 3. The summed E-state index contributed by atoms with van der Waals surface area (Å²) in [6.07, 6.45) is 1.51. The van der Waals surface area contributed by atoms with E-state index in [0.29, 0.717) is 16.1 Å². The second-order valence-corrected chi connectivity index (χ2v) is 4.73. The van der Waals surface area contributed by atoms with Crippen molar-refractivity contribution in [1.82, 2.24) is 4.57 Å². The van der Waals surface area contributed by atoms with Gasteiger partial charge in [-0.3, -0.25) is 4.79 Å². The van der Waals surface area contributed by atoms with Crippen LogP contribution in [0.4, 0.5) is 0 Å². The molecule has 2 aromatic rings. The Balaban J connectivity index is 2.41. The van der Waals surface area contributed by atoms with E-state index in [0.717, 1.165) is 5.56 Å². The number of carboxylic acids is 1. The Morgan fingerprint density at radius 1 is 1.21 bits per heavy atom. The van der Waals surface area contributed by atoms with Crippen LogP contribution in [0.2, 0.25) is 5.02 Å². The highest BCUT2D eigenvalue weighted by Gasteiger charge is 2.16. The Morgan fingerprint density at radius 3 is 2.42 bits per heavy atom. The molecule has 0 aliphatic heterocycles. The minimum absolute atomic E-state index is 0.0778. The standard InChI is InChI=1S/C14H12ClNO3/c1-8-5-9(3-4-11(8)15)13(17)10-6-12(14(18)19)16(2)7-10/h3-7H,1-2H3,(H,18,19). The molecule has 0 unspecified atom stereocenters. The highest BCUT2D eigenvalue weighted by Crippen LogP contribution is 2.19. The quantitative estimate of drug-likeness (QED) is 0.878. The maximum absolute atomic E-state index is 12.2. The van der Waals surface area contributed by atoms with Crippen LogP contribution in [-0.2, 0) is 7.05 Å². The average molecular weight is 278 g/mol. The van der Waals surface area contributed by atoms with Gasteiger partial charge in [0.15, 0.2) is 5.78 Å². The minimum Gasteiger partial charge on any atom is -0.477 e. The summed E-state index contributed by atoms with van der Waals surface area (Å²) in [4.78, 5) is 23.2. The molecule has 1 aromatic heterocycles. The molecule has 4 nitrogen and oxygen atoms in total. The fraction of sp³-hybridized carbons (Fsp3) is 0.143. The number of hydrogen-bond acceptors (Lipinski definition) is 2. The highest BCUT2D eigenvalue weighted by molar-refractivity contribution is 6.31. The van der Waals surface area contributed by atoms with Crippen LogP contribution >= 0.6 is 11.6 Å². The van der Waals surface area contributed by atoms with E-state index < -0.39 is 5.97 Å². The number of aromatic carboxylic acids is 1. The van der Waals surface area contributed by atoms with Crippen LogP contribution in [0.5, 0.6) is 0 Å². The zero-order valence-corrected chi connectivity index (χ0v) is 11.2. The average Bonchev–Trinajstić information content (AvgIpc) is 2.74. The van der Waals surface area contributed by atoms with Crippen LogP contribution in [0.25, 0.3) is 0 Å². The number of nitrogens with zero attached hydrogens (tertiary/aromatic N) is 1. The monoisotopic (exact) mass is 277 g/mol. The van der Waals surface area contributed by atoms with Crippen molar-refractivity contribution in [1.29, 1.82) is 0 Å². The highest BCUT2D eigenvalue weighted by atomic mass is 35.5. The molecule has 19 heavy (non-hydrogen) atoms. The maximum atomic E-state index is 12.2. The molecule has 2 rings (SSSR count). The van der Waals surface area contributed by atoms with E-state index in [1.165, 1.54) is 16.8 Å². The number of carbonyl (C=O) groups is 2. The van der Waals surface area contributed by atoms with E-state index in [1.807, 2.05) is 6.92 Å². The summed E-state index contributed by atoms with van der Waals surface area (Å²) in [7, 11) is 1.59. The van der Waals surface area contributed by atoms with Gasteiger partial charge in [-0.15, -0.1) is 0 Å². The van der Waals surface area contributed by atoms with Gasteiger partial charge in [-0.05, 0) is 36.8 Å². The van der Waals surface area contributed by atoms with E-state index in [2.05, 4.69) is 0 Å². The summed E-state index contributed by atoms with van der Waals surface area (Å²) < 4.78 is 1.42. The minimum atomic E-state index is -1.06. The Hall–Kier alpha value is -2.07. The van der Waals surface area contributed by atoms with Crippen LogP contribution in [-0.4, -0.2) is 21.4 Å². The summed E-state index contributed by atoms with van der Waals surface area (Å²) in [5, 5.41) is 9.56. The van der Waals surface area contributed by atoms with Crippen molar-refractivity contribution in [2.45, 2.75) is 6.92 Å².